The highest BCUT2D eigenvalue weighted by molar-refractivity contribution is 7.22. The van der Waals surface area contributed by atoms with E-state index in [-0.39, 0.29) is 5.91 Å². The molecule has 4 heteroatoms. The summed E-state index contributed by atoms with van der Waals surface area (Å²) < 4.78 is 1.11. The van der Waals surface area contributed by atoms with E-state index in [9.17, 15) is 4.79 Å². The van der Waals surface area contributed by atoms with E-state index in [1.807, 2.05) is 61.5 Å². The number of aryl methyl sites for hydroxylation is 3. The summed E-state index contributed by atoms with van der Waals surface area (Å²) in [6.07, 6.45) is 0. The SMILES string of the molecule is Cc1ccc(C(=O)N(Cc2ccccc2)c2nc3c(C)cc(C)cc3s2)cc1. The summed E-state index contributed by atoms with van der Waals surface area (Å²) in [6.45, 7) is 6.67. The third-order valence-corrected chi connectivity index (χ3v) is 5.80. The average molecular weight is 387 g/mol. The zero-order valence-corrected chi connectivity index (χ0v) is 17.1. The largest absolute Gasteiger partial charge is 0.279 e. The first kappa shape index (κ1) is 18.4. The molecule has 3 nitrogen and oxygen atoms in total. The third kappa shape index (κ3) is 3.69. The summed E-state index contributed by atoms with van der Waals surface area (Å²) in [5.41, 5.74) is 6.21. The van der Waals surface area contributed by atoms with Crippen molar-refractivity contribution in [3.8, 4) is 0 Å². The van der Waals surface area contributed by atoms with Gasteiger partial charge in [-0.1, -0.05) is 65.4 Å². The number of hydrogen-bond donors (Lipinski definition) is 0. The molecule has 0 saturated heterocycles. The second-order valence-electron chi connectivity index (χ2n) is 7.17. The summed E-state index contributed by atoms with van der Waals surface area (Å²) in [5.74, 6) is -0.0303. The number of anilines is 1. The van der Waals surface area contributed by atoms with Crippen LogP contribution in [-0.4, -0.2) is 10.9 Å². The number of benzene rings is 3. The molecule has 4 rings (SSSR count). The molecule has 0 radical (unpaired) electrons. The molecule has 0 saturated carbocycles. The molecule has 28 heavy (non-hydrogen) atoms. The first-order chi connectivity index (χ1) is 13.5. The van der Waals surface area contributed by atoms with Gasteiger partial charge in [0, 0.05) is 5.56 Å². The highest BCUT2D eigenvalue weighted by Gasteiger charge is 2.22. The Labute approximate surface area is 169 Å². The average Bonchev–Trinajstić information content (AvgIpc) is 3.11. The number of aromatic nitrogens is 1. The molecule has 0 aliphatic heterocycles. The minimum absolute atomic E-state index is 0.0303. The lowest BCUT2D eigenvalue weighted by atomic mass is 10.1. The van der Waals surface area contributed by atoms with Crippen molar-refractivity contribution in [2.75, 3.05) is 4.90 Å². The minimum Gasteiger partial charge on any atom is -0.279 e. The number of amides is 1. The van der Waals surface area contributed by atoms with E-state index in [4.69, 9.17) is 4.98 Å². The Kier molecular flexibility index (Phi) is 4.97. The molecule has 0 fully saturated rings. The molecule has 0 bridgehead atoms. The van der Waals surface area contributed by atoms with Gasteiger partial charge in [0.2, 0.25) is 0 Å². The van der Waals surface area contributed by atoms with Gasteiger partial charge in [-0.15, -0.1) is 0 Å². The van der Waals surface area contributed by atoms with Crippen molar-refractivity contribution < 1.29 is 4.79 Å². The van der Waals surface area contributed by atoms with E-state index in [2.05, 4.69) is 26.0 Å². The zero-order valence-electron chi connectivity index (χ0n) is 16.3. The van der Waals surface area contributed by atoms with Crippen LogP contribution in [0.5, 0.6) is 0 Å². The van der Waals surface area contributed by atoms with Gasteiger partial charge in [-0.2, -0.15) is 0 Å². The highest BCUT2D eigenvalue weighted by atomic mass is 32.1. The van der Waals surface area contributed by atoms with Gasteiger partial charge in [0.1, 0.15) is 0 Å². The minimum atomic E-state index is -0.0303. The fraction of sp³-hybridized carbons (Fsp3) is 0.167. The Morgan fingerprint density at radius 2 is 1.64 bits per heavy atom. The van der Waals surface area contributed by atoms with Gasteiger partial charge in [0.15, 0.2) is 5.13 Å². The van der Waals surface area contributed by atoms with Gasteiger partial charge in [-0.3, -0.25) is 9.69 Å². The van der Waals surface area contributed by atoms with Crippen molar-refractivity contribution >= 4 is 32.6 Å². The first-order valence-corrected chi connectivity index (χ1v) is 10.1. The molecular weight excluding hydrogens is 364 g/mol. The smallest absolute Gasteiger partial charge is 0.260 e. The topological polar surface area (TPSA) is 33.2 Å². The van der Waals surface area contributed by atoms with E-state index in [1.165, 1.54) is 5.56 Å². The van der Waals surface area contributed by atoms with Crippen LogP contribution in [0.2, 0.25) is 0 Å². The van der Waals surface area contributed by atoms with Crippen molar-refractivity contribution in [1.82, 2.24) is 4.98 Å². The predicted molar refractivity (Wildman–Crippen MR) is 117 cm³/mol. The standard InChI is InChI=1S/C24H22N2OS/c1-16-9-11-20(12-10-16)23(27)26(15-19-7-5-4-6-8-19)24-25-22-18(3)13-17(2)14-21(22)28-24/h4-14H,15H2,1-3H3. The first-order valence-electron chi connectivity index (χ1n) is 9.31. The fourth-order valence-electron chi connectivity index (χ4n) is 3.32. The van der Waals surface area contributed by atoms with Crippen molar-refractivity contribution in [2.24, 2.45) is 0 Å². The van der Waals surface area contributed by atoms with Gasteiger partial charge >= 0.3 is 0 Å². The van der Waals surface area contributed by atoms with Crippen LogP contribution in [0.1, 0.15) is 32.6 Å². The lowest BCUT2D eigenvalue weighted by Crippen LogP contribution is -2.30. The summed E-state index contributed by atoms with van der Waals surface area (Å²) in [4.78, 5) is 20.0. The number of fused-ring (bicyclic) bond motifs is 1. The quantitative estimate of drug-likeness (QED) is 0.426. The van der Waals surface area contributed by atoms with Crippen LogP contribution in [0.15, 0.2) is 66.7 Å². The molecule has 0 aliphatic rings. The number of hydrogen-bond acceptors (Lipinski definition) is 3. The number of carbonyl (C=O) groups excluding carboxylic acids is 1. The maximum absolute atomic E-state index is 13.4. The summed E-state index contributed by atoms with van der Waals surface area (Å²) in [6, 6.07) is 22.0. The Morgan fingerprint density at radius 3 is 2.36 bits per heavy atom. The van der Waals surface area contributed by atoms with E-state index >= 15 is 0 Å². The van der Waals surface area contributed by atoms with E-state index in [1.54, 1.807) is 16.2 Å². The molecule has 0 N–H and O–H groups in total. The number of thiazole rings is 1. The van der Waals surface area contributed by atoms with Crippen LogP contribution in [0.4, 0.5) is 5.13 Å². The second-order valence-corrected chi connectivity index (χ2v) is 8.18. The lowest BCUT2D eigenvalue weighted by Gasteiger charge is -2.20. The van der Waals surface area contributed by atoms with Gasteiger partial charge in [-0.05, 0) is 55.7 Å². The number of rotatable bonds is 4. The molecule has 4 aromatic rings. The van der Waals surface area contributed by atoms with E-state index in [0.29, 0.717) is 12.1 Å². The molecule has 0 atom stereocenters. The van der Waals surface area contributed by atoms with Gasteiger partial charge in [0.05, 0.1) is 16.8 Å². The van der Waals surface area contributed by atoms with E-state index in [0.717, 1.165) is 32.0 Å². The molecule has 1 amide bonds. The van der Waals surface area contributed by atoms with Gasteiger partial charge in [0.25, 0.3) is 5.91 Å². The van der Waals surface area contributed by atoms with Crippen molar-refractivity contribution in [3.63, 3.8) is 0 Å². The lowest BCUT2D eigenvalue weighted by molar-refractivity contribution is 0.0985. The summed E-state index contributed by atoms with van der Waals surface area (Å²) in [7, 11) is 0. The highest BCUT2D eigenvalue weighted by Crippen LogP contribution is 2.33. The molecule has 3 aromatic carbocycles. The third-order valence-electron chi connectivity index (χ3n) is 4.78. The van der Waals surface area contributed by atoms with Crippen molar-refractivity contribution in [2.45, 2.75) is 27.3 Å². The maximum atomic E-state index is 13.4. The van der Waals surface area contributed by atoms with Crippen LogP contribution >= 0.6 is 11.3 Å². The second kappa shape index (κ2) is 7.56. The molecule has 140 valence electrons. The van der Waals surface area contributed by atoms with Crippen LogP contribution in [-0.2, 0) is 6.54 Å². The van der Waals surface area contributed by atoms with Crippen LogP contribution in [0.3, 0.4) is 0 Å². The number of carbonyl (C=O) groups is 1. The molecule has 1 heterocycles. The van der Waals surface area contributed by atoms with E-state index < -0.39 is 0 Å². The molecule has 0 aliphatic carbocycles. The van der Waals surface area contributed by atoms with Gasteiger partial charge < -0.3 is 0 Å². The van der Waals surface area contributed by atoms with Crippen LogP contribution in [0, 0.1) is 20.8 Å². The predicted octanol–water partition coefficient (Wildman–Crippen LogP) is 6.07. The Morgan fingerprint density at radius 1 is 0.929 bits per heavy atom. The normalized spacial score (nSPS) is 11.0. The van der Waals surface area contributed by atoms with Gasteiger partial charge in [-0.25, -0.2) is 4.98 Å². The van der Waals surface area contributed by atoms with Crippen molar-refractivity contribution in [1.29, 1.82) is 0 Å². The summed E-state index contributed by atoms with van der Waals surface area (Å²) in [5, 5.41) is 0.734. The molecule has 0 spiro atoms. The molecule has 0 unspecified atom stereocenters. The Bertz CT molecular complexity index is 1130. The van der Waals surface area contributed by atoms with Crippen LogP contribution < -0.4 is 4.90 Å². The molecular formula is C24H22N2OS. The monoisotopic (exact) mass is 386 g/mol. The number of nitrogens with zero attached hydrogens (tertiary/aromatic N) is 2. The summed E-state index contributed by atoms with van der Waals surface area (Å²) >= 11 is 1.57. The zero-order chi connectivity index (χ0) is 19.7. The maximum Gasteiger partial charge on any atom is 0.260 e. The Hall–Kier alpha value is -2.98. The Balaban J connectivity index is 1.79. The fourth-order valence-corrected chi connectivity index (χ4v) is 4.46. The van der Waals surface area contributed by atoms with Crippen molar-refractivity contribution in [3.05, 3.63) is 94.5 Å². The van der Waals surface area contributed by atoms with Crippen LogP contribution in [0.25, 0.3) is 10.2 Å². The molecule has 1 aromatic heterocycles.